The third-order valence-electron chi connectivity index (χ3n) is 2.06. The molecule has 0 aliphatic carbocycles. The highest BCUT2D eigenvalue weighted by Gasteiger charge is 2.12. The van der Waals surface area contributed by atoms with Gasteiger partial charge in [-0.25, -0.2) is 9.98 Å². The minimum absolute atomic E-state index is 0.508. The first kappa shape index (κ1) is 5.99. The minimum Gasteiger partial charge on any atom is -0.258 e. The van der Waals surface area contributed by atoms with E-state index in [1.54, 1.807) is 0 Å². The number of aromatic nitrogens is 1. The van der Waals surface area contributed by atoms with Crippen LogP contribution in [-0.4, -0.2) is 17.9 Å². The maximum Gasteiger partial charge on any atom is 0.177 e. The van der Waals surface area contributed by atoms with Crippen LogP contribution in [0.15, 0.2) is 21.2 Å². The Morgan fingerprint density at radius 3 is 3.25 bits per heavy atom. The summed E-state index contributed by atoms with van der Waals surface area (Å²) < 4.78 is 0. The van der Waals surface area contributed by atoms with Crippen LogP contribution in [0.4, 0.5) is 5.69 Å². The number of nitrogens with zero attached hydrogens (tertiary/aromatic N) is 4. The summed E-state index contributed by atoms with van der Waals surface area (Å²) in [5.74, 6) is 0. The molecule has 0 fully saturated rings. The molecule has 0 bridgehead atoms. The molecule has 2 aliphatic heterocycles. The van der Waals surface area contributed by atoms with E-state index in [2.05, 4.69) is 20.0 Å². The molecule has 0 radical (unpaired) electrons. The lowest BCUT2D eigenvalue weighted by atomic mass is 10.2. The first-order valence-electron chi connectivity index (χ1n) is 3.84. The van der Waals surface area contributed by atoms with Crippen molar-refractivity contribution in [1.82, 2.24) is 4.98 Å². The molecule has 4 heteroatoms. The molecule has 0 aromatic carbocycles. The molecule has 0 saturated heterocycles. The van der Waals surface area contributed by atoms with E-state index in [0.717, 1.165) is 28.5 Å². The summed E-state index contributed by atoms with van der Waals surface area (Å²) >= 11 is 0. The van der Waals surface area contributed by atoms with E-state index in [4.69, 9.17) is 0 Å². The average molecular weight is 158 g/mol. The molecule has 0 spiro atoms. The average Bonchev–Trinajstić information content (AvgIpc) is 2.71. The Morgan fingerprint density at radius 1 is 1.25 bits per heavy atom. The topological polar surface area (TPSA) is 50.0 Å². The van der Waals surface area contributed by atoms with E-state index in [0.29, 0.717) is 6.67 Å². The second-order valence-corrected chi connectivity index (χ2v) is 2.78. The summed E-state index contributed by atoms with van der Waals surface area (Å²) in [7, 11) is 0. The lowest BCUT2D eigenvalue weighted by Gasteiger charge is -1.92. The Bertz CT molecular complexity index is 487. The zero-order valence-electron chi connectivity index (χ0n) is 6.36. The fraction of sp³-hybridized carbons (Fsp3) is 0.250. The van der Waals surface area contributed by atoms with Crippen LogP contribution in [0.3, 0.4) is 0 Å². The molecule has 3 heterocycles. The maximum atomic E-state index is 4.25. The quantitative estimate of drug-likeness (QED) is 0.504. The van der Waals surface area contributed by atoms with E-state index < -0.39 is 0 Å². The van der Waals surface area contributed by atoms with Crippen LogP contribution >= 0.6 is 0 Å². The summed E-state index contributed by atoms with van der Waals surface area (Å²) in [6, 6.07) is 0. The van der Waals surface area contributed by atoms with Gasteiger partial charge in [-0.2, -0.15) is 0 Å². The van der Waals surface area contributed by atoms with Gasteiger partial charge in [0.1, 0.15) is 12.0 Å². The Morgan fingerprint density at radius 2 is 2.25 bits per heavy atom. The second kappa shape index (κ2) is 1.97. The van der Waals surface area contributed by atoms with Gasteiger partial charge in [0, 0.05) is 24.4 Å². The Hall–Kier alpha value is -1.58. The van der Waals surface area contributed by atoms with Crippen molar-refractivity contribution in [2.75, 3.05) is 6.67 Å². The van der Waals surface area contributed by atoms with Gasteiger partial charge in [-0.05, 0) is 0 Å². The predicted octanol–water partition coefficient (Wildman–Crippen LogP) is -0.450. The molecule has 0 amide bonds. The lowest BCUT2D eigenvalue weighted by molar-refractivity contribution is 1.04. The Balaban J connectivity index is 2.54. The molecular formula is C8H6N4. The molecule has 58 valence electrons. The van der Waals surface area contributed by atoms with Gasteiger partial charge in [0.25, 0.3) is 0 Å². The van der Waals surface area contributed by atoms with Gasteiger partial charge in [-0.1, -0.05) is 0 Å². The van der Waals surface area contributed by atoms with E-state index in [-0.39, 0.29) is 0 Å². The molecule has 1 aromatic rings. The number of pyridine rings is 1. The van der Waals surface area contributed by atoms with Crippen molar-refractivity contribution in [2.45, 2.75) is 6.42 Å². The molecule has 0 N–H and O–H groups in total. The summed E-state index contributed by atoms with van der Waals surface area (Å²) in [6.07, 6.45) is 4.61. The van der Waals surface area contributed by atoms with Crippen LogP contribution < -0.4 is 10.8 Å². The normalized spacial score (nSPS) is 16.7. The van der Waals surface area contributed by atoms with E-state index in [9.17, 15) is 0 Å². The van der Waals surface area contributed by atoms with Crippen molar-refractivity contribution in [2.24, 2.45) is 15.0 Å². The highest BCUT2D eigenvalue weighted by Crippen LogP contribution is 2.16. The first-order chi connectivity index (χ1) is 5.95. The van der Waals surface area contributed by atoms with Crippen LogP contribution in [0, 0.1) is 0 Å². The summed E-state index contributed by atoms with van der Waals surface area (Å²) in [5.41, 5.74) is 2.88. The Labute approximate surface area is 68.4 Å². The van der Waals surface area contributed by atoms with Gasteiger partial charge in [-0.3, -0.25) is 9.98 Å². The summed E-state index contributed by atoms with van der Waals surface area (Å²) in [5, 5.41) is 0.876. The highest BCUT2D eigenvalue weighted by molar-refractivity contribution is 5.74. The fourth-order valence-electron chi connectivity index (χ4n) is 1.48. The molecule has 12 heavy (non-hydrogen) atoms. The van der Waals surface area contributed by atoms with Crippen LogP contribution in [0.5, 0.6) is 0 Å². The second-order valence-electron chi connectivity index (χ2n) is 2.78. The number of fused-ring (bicyclic) bond motifs is 3. The summed E-state index contributed by atoms with van der Waals surface area (Å²) in [6.45, 7) is 0.508. The maximum absolute atomic E-state index is 4.25. The lowest BCUT2D eigenvalue weighted by Crippen LogP contribution is -2.25. The molecule has 0 unspecified atom stereocenters. The molecule has 0 saturated carbocycles. The van der Waals surface area contributed by atoms with Crippen LogP contribution in [0.25, 0.3) is 0 Å². The minimum atomic E-state index is 0.508. The number of hydrogen-bond acceptors (Lipinski definition) is 4. The van der Waals surface area contributed by atoms with Crippen molar-refractivity contribution < 1.29 is 0 Å². The number of rotatable bonds is 0. The standard InChI is InChI=1S/C8H6N4/c1-2-9-6-5(1)3-10-8-7(6)11-4-12-8/h2-3H,1,4H2. The monoisotopic (exact) mass is 158 g/mol. The molecule has 2 aliphatic rings. The zero-order chi connectivity index (χ0) is 7.97. The van der Waals surface area contributed by atoms with E-state index in [1.807, 2.05) is 12.4 Å². The SMILES string of the molecule is C1=Nc2c(cnc3c2=NCN=3)C1. The van der Waals surface area contributed by atoms with Crippen molar-refractivity contribution in [1.29, 1.82) is 0 Å². The van der Waals surface area contributed by atoms with Gasteiger partial charge >= 0.3 is 0 Å². The number of aliphatic imine (C=N–C) groups is 1. The van der Waals surface area contributed by atoms with Gasteiger partial charge in [0.05, 0.1) is 5.69 Å². The third kappa shape index (κ3) is 0.617. The van der Waals surface area contributed by atoms with Crippen LogP contribution in [0.2, 0.25) is 0 Å². The van der Waals surface area contributed by atoms with Crippen molar-refractivity contribution in [3.8, 4) is 0 Å². The van der Waals surface area contributed by atoms with Gasteiger partial charge < -0.3 is 0 Å². The Kier molecular flexibility index (Phi) is 0.983. The number of hydrogen-bond donors (Lipinski definition) is 0. The van der Waals surface area contributed by atoms with E-state index in [1.165, 1.54) is 0 Å². The predicted molar refractivity (Wildman–Crippen MR) is 43.3 cm³/mol. The molecular weight excluding hydrogens is 152 g/mol. The molecule has 1 aromatic heterocycles. The van der Waals surface area contributed by atoms with Gasteiger partial charge in [-0.15, -0.1) is 0 Å². The molecule has 4 nitrogen and oxygen atoms in total. The zero-order valence-corrected chi connectivity index (χ0v) is 6.36. The smallest absolute Gasteiger partial charge is 0.177 e. The highest BCUT2D eigenvalue weighted by atomic mass is 15.0. The van der Waals surface area contributed by atoms with Crippen LogP contribution in [-0.2, 0) is 6.42 Å². The fourth-order valence-corrected chi connectivity index (χ4v) is 1.48. The van der Waals surface area contributed by atoms with Gasteiger partial charge in [0.15, 0.2) is 5.49 Å². The van der Waals surface area contributed by atoms with E-state index >= 15 is 0 Å². The molecule has 0 atom stereocenters. The van der Waals surface area contributed by atoms with Crippen LogP contribution in [0.1, 0.15) is 5.56 Å². The van der Waals surface area contributed by atoms with Gasteiger partial charge in [0.2, 0.25) is 0 Å². The van der Waals surface area contributed by atoms with Crippen molar-refractivity contribution in [3.05, 3.63) is 22.6 Å². The first-order valence-corrected chi connectivity index (χ1v) is 3.84. The van der Waals surface area contributed by atoms with Crippen molar-refractivity contribution in [3.63, 3.8) is 0 Å². The molecule has 3 rings (SSSR count). The van der Waals surface area contributed by atoms with Crippen molar-refractivity contribution >= 4 is 11.9 Å². The largest absolute Gasteiger partial charge is 0.258 e. The summed E-state index contributed by atoms with van der Waals surface area (Å²) in [4.78, 5) is 16.8. The third-order valence-corrected chi connectivity index (χ3v) is 2.06.